The lowest BCUT2D eigenvalue weighted by Gasteiger charge is -2.18. The van der Waals surface area contributed by atoms with Gasteiger partial charge in [0.2, 0.25) is 0 Å². The summed E-state index contributed by atoms with van der Waals surface area (Å²) in [7, 11) is 2.13. The number of hydrogen-bond donors (Lipinski definition) is 2. The lowest BCUT2D eigenvalue weighted by Crippen LogP contribution is -2.35. The van der Waals surface area contributed by atoms with Gasteiger partial charge in [0.15, 0.2) is 0 Å². The third-order valence-corrected chi connectivity index (χ3v) is 4.13. The smallest absolute Gasteiger partial charge is 0.322 e. The highest BCUT2D eigenvalue weighted by Gasteiger charge is 2.37. The molecular formula is C14H20N4O. The second kappa shape index (κ2) is 4.74. The van der Waals surface area contributed by atoms with Crippen LogP contribution < -0.4 is 16.0 Å². The Bertz CT molecular complexity index is 473. The zero-order chi connectivity index (χ0) is 13.4. The number of anilines is 2. The van der Waals surface area contributed by atoms with Gasteiger partial charge in [-0.1, -0.05) is 0 Å². The van der Waals surface area contributed by atoms with Gasteiger partial charge >= 0.3 is 6.03 Å². The second-order valence-electron chi connectivity index (χ2n) is 5.57. The van der Waals surface area contributed by atoms with Crippen molar-refractivity contribution in [3.8, 4) is 0 Å². The van der Waals surface area contributed by atoms with Crippen LogP contribution in [0.1, 0.15) is 6.42 Å². The van der Waals surface area contributed by atoms with Crippen LogP contribution in [0.2, 0.25) is 0 Å². The van der Waals surface area contributed by atoms with Crippen molar-refractivity contribution in [2.45, 2.75) is 12.5 Å². The van der Waals surface area contributed by atoms with Gasteiger partial charge in [-0.25, -0.2) is 4.79 Å². The van der Waals surface area contributed by atoms with Crippen LogP contribution in [0.25, 0.3) is 0 Å². The minimum atomic E-state index is 0.00400. The summed E-state index contributed by atoms with van der Waals surface area (Å²) in [5, 5.41) is 3.11. The molecule has 3 rings (SSSR count). The fourth-order valence-electron chi connectivity index (χ4n) is 3.00. The summed E-state index contributed by atoms with van der Waals surface area (Å²) in [6.07, 6.45) is 1.16. The van der Waals surface area contributed by atoms with Crippen LogP contribution >= 0.6 is 0 Å². The molecule has 2 heterocycles. The number of amides is 2. The molecule has 0 aromatic heterocycles. The van der Waals surface area contributed by atoms with E-state index in [0.717, 1.165) is 37.4 Å². The first-order valence-electron chi connectivity index (χ1n) is 6.75. The molecule has 2 saturated heterocycles. The van der Waals surface area contributed by atoms with Crippen molar-refractivity contribution in [1.29, 1.82) is 0 Å². The highest BCUT2D eigenvalue weighted by molar-refractivity contribution is 5.94. The fraction of sp³-hybridized carbons (Fsp3) is 0.500. The van der Waals surface area contributed by atoms with Gasteiger partial charge in [-0.15, -0.1) is 0 Å². The number of likely N-dealkylation sites (tertiary alicyclic amines) is 1. The molecule has 2 fully saturated rings. The standard InChI is InChI=1S/C14H20N4O/c1-17-7-6-10(8-17)13-9-18(14(19)16-13)12-4-2-11(15)3-5-12/h2-5,10,13H,6-9,15H2,1H3,(H,16,19). The Balaban J connectivity index is 1.71. The number of carbonyl (C=O) groups excluding carboxylic acids is 1. The number of rotatable bonds is 2. The van der Waals surface area contributed by atoms with E-state index < -0.39 is 0 Å². The van der Waals surface area contributed by atoms with E-state index in [1.165, 1.54) is 0 Å². The molecule has 0 bridgehead atoms. The number of benzene rings is 1. The van der Waals surface area contributed by atoms with Crippen molar-refractivity contribution < 1.29 is 4.79 Å². The number of nitrogens with one attached hydrogen (secondary N) is 1. The quantitative estimate of drug-likeness (QED) is 0.783. The van der Waals surface area contributed by atoms with Gasteiger partial charge in [0.05, 0.1) is 6.04 Å². The molecule has 0 aliphatic carbocycles. The minimum absolute atomic E-state index is 0.00400. The maximum Gasteiger partial charge on any atom is 0.322 e. The predicted octanol–water partition coefficient (Wildman–Crippen LogP) is 1.12. The minimum Gasteiger partial charge on any atom is -0.399 e. The zero-order valence-corrected chi connectivity index (χ0v) is 11.2. The van der Waals surface area contributed by atoms with Crippen molar-refractivity contribution in [1.82, 2.24) is 10.2 Å². The number of urea groups is 1. The highest BCUT2D eigenvalue weighted by Crippen LogP contribution is 2.26. The van der Waals surface area contributed by atoms with Crippen molar-refractivity contribution in [3.63, 3.8) is 0 Å². The Morgan fingerprint density at radius 2 is 2.00 bits per heavy atom. The molecule has 2 aliphatic rings. The molecule has 1 aromatic carbocycles. The SMILES string of the molecule is CN1CCC(C2CN(c3ccc(N)cc3)C(=O)N2)C1. The third-order valence-electron chi connectivity index (χ3n) is 4.13. The largest absolute Gasteiger partial charge is 0.399 e. The molecule has 0 radical (unpaired) electrons. The molecule has 5 heteroatoms. The summed E-state index contributed by atoms with van der Waals surface area (Å²) in [5.41, 5.74) is 7.31. The molecule has 0 saturated carbocycles. The van der Waals surface area contributed by atoms with Crippen LogP contribution in [0, 0.1) is 5.92 Å². The van der Waals surface area contributed by atoms with E-state index in [0.29, 0.717) is 5.92 Å². The van der Waals surface area contributed by atoms with E-state index in [-0.39, 0.29) is 12.1 Å². The Hall–Kier alpha value is -1.75. The summed E-state index contributed by atoms with van der Waals surface area (Å²) in [4.78, 5) is 16.2. The number of hydrogen-bond acceptors (Lipinski definition) is 3. The Labute approximate surface area is 113 Å². The maximum absolute atomic E-state index is 12.1. The average Bonchev–Trinajstić information content (AvgIpc) is 2.97. The van der Waals surface area contributed by atoms with Gasteiger partial charge in [0.1, 0.15) is 0 Å². The average molecular weight is 260 g/mol. The molecule has 0 spiro atoms. The van der Waals surface area contributed by atoms with E-state index in [1.54, 1.807) is 0 Å². The zero-order valence-electron chi connectivity index (χ0n) is 11.2. The van der Waals surface area contributed by atoms with Gasteiger partial charge in [0, 0.05) is 24.5 Å². The van der Waals surface area contributed by atoms with E-state index in [4.69, 9.17) is 5.73 Å². The monoisotopic (exact) mass is 260 g/mol. The van der Waals surface area contributed by atoms with Gasteiger partial charge < -0.3 is 16.0 Å². The van der Waals surface area contributed by atoms with Gasteiger partial charge in [0.25, 0.3) is 0 Å². The van der Waals surface area contributed by atoms with Crippen LogP contribution in [-0.2, 0) is 0 Å². The topological polar surface area (TPSA) is 61.6 Å². The van der Waals surface area contributed by atoms with E-state index in [1.807, 2.05) is 29.2 Å². The van der Waals surface area contributed by atoms with E-state index >= 15 is 0 Å². The maximum atomic E-state index is 12.1. The molecule has 1 aromatic rings. The molecule has 102 valence electrons. The first-order valence-corrected chi connectivity index (χ1v) is 6.75. The number of carbonyl (C=O) groups is 1. The third kappa shape index (κ3) is 2.38. The van der Waals surface area contributed by atoms with Crippen molar-refractivity contribution >= 4 is 17.4 Å². The van der Waals surface area contributed by atoms with Crippen LogP contribution in [0.5, 0.6) is 0 Å². The first-order chi connectivity index (χ1) is 9.13. The summed E-state index contributed by atoms with van der Waals surface area (Å²) >= 11 is 0. The highest BCUT2D eigenvalue weighted by atomic mass is 16.2. The molecule has 2 aliphatic heterocycles. The lowest BCUT2D eigenvalue weighted by molar-refractivity contribution is 0.248. The Kier molecular flexibility index (Phi) is 3.06. The molecule has 3 N–H and O–H groups in total. The van der Waals surface area contributed by atoms with Crippen LogP contribution in [0.3, 0.4) is 0 Å². The molecule has 2 amide bonds. The lowest BCUT2D eigenvalue weighted by atomic mass is 10.00. The number of nitrogens with two attached hydrogens (primary N) is 1. The summed E-state index contributed by atoms with van der Waals surface area (Å²) in [5.74, 6) is 0.563. The fourth-order valence-corrected chi connectivity index (χ4v) is 3.00. The number of nitrogen functional groups attached to an aromatic ring is 1. The van der Waals surface area contributed by atoms with E-state index in [2.05, 4.69) is 17.3 Å². The van der Waals surface area contributed by atoms with Gasteiger partial charge in [-0.05, 0) is 50.2 Å². The van der Waals surface area contributed by atoms with E-state index in [9.17, 15) is 4.79 Å². The molecule has 2 atom stereocenters. The number of nitrogens with zero attached hydrogens (tertiary/aromatic N) is 2. The van der Waals surface area contributed by atoms with Crippen molar-refractivity contribution in [3.05, 3.63) is 24.3 Å². The second-order valence-corrected chi connectivity index (χ2v) is 5.57. The van der Waals surface area contributed by atoms with Gasteiger partial charge in [-0.3, -0.25) is 4.90 Å². The molecule has 5 nitrogen and oxygen atoms in total. The first kappa shape index (κ1) is 12.3. The van der Waals surface area contributed by atoms with Crippen LogP contribution in [0.15, 0.2) is 24.3 Å². The van der Waals surface area contributed by atoms with Crippen molar-refractivity contribution in [2.24, 2.45) is 5.92 Å². The molecule has 2 unspecified atom stereocenters. The van der Waals surface area contributed by atoms with Gasteiger partial charge in [-0.2, -0.15) is 0 Å². The van der Waals surface area contributed by atoms with Crippen molar-refractivity contribution in [2.75, 3.05) is 37.3 Å². The summed E-state index contributed by atoms with van der Waals surface area (Å²) in [6, 6.07) is 7.73. The predicted molar refractivity (Wildman–Crippen MR) is 76.1 cm³/mol. The van der Waals surface area contributed by atoms with Crippen LogP contribution in [-0.4, -0.2) is 43.7 Å². The Morgan fingerprint density at radius 3 is 2.63 bits per heavy atom. The normalized spacial score (nSPS) is 27.8. The molecule has 19 heavy (non-hydrogen) atoms. The summed E-state index contributed by atoms with van der Waals surface area (Å²) in [6.45, 7) is 2.95. The van der Waals surface area contributed by atoms with Crippen LogP contribution in [0.4, 0.5) is 16.2 Å². The molecular weight excluding hydrogens is 240 g/mol. The summed E-state index contributed by atoms with van der Waals surface area (Å²) < 4.78 is 0. The Morgan fingerprint density at radius 1 is 1.26 bits per heavy atom.